The van der Waals surface area contributed by atoms with Crippen LogP contribution in [0.15, 0.2) is 6.33 Å². The largest absolute Gasteiger partial charge is 0.368 e. The number of rotatable bonds is 2. The van der Waals surface area contributed by atoms with Crippen LogP contribution in [0.2, 0.25) is 0 Å². The van der Waals surface area contributed by atoms with Gasteiger partial charge in [0, 0.05) is 0 Å². The lowest BCUT2D eigenvalue weighted by Crippen LogP contribution is -2.09. The molecule has 0 radical (unpaired) electrons. The van der Waals surface area contributed by atoms with E-state index in [-0.39, 0.29) is 0 Å². The Labute approximate surface area is 60.1 Å². The molecule has 0 saturated heterocycles. The summed E-state index contributed by atoms with van der Waals surface area (Å²) in [4.78, 5) is 3.82. The van der Waals surface area contributed by atoms with Gasteiger partial charge >= 0.3 is 0 Å². The molecule has 0 spiro atoms. The minimum absolute atomic E-state index is 0.350. The second-order valence-electron chi connectivity index (χ2n) is 2.32. The Kier molecular flexibility index (Phi) is 1.89. The highest BCUT2D eigenvalue weighted by molar-refractivity contribution is 5.13. The highest BCUT2D eigenvalue weighted by atomic mass is 15.4. The molecule has 1 heterocycles. The van der Waals surface area contributed by atoms with Crippen LogP contribution in [0.5, 0.6) is 0 Å². The number of nitrogen functional groups attached to an aromatic ring is 1. The number of nitrogens with zero attached hydrogens (tertiary/aromatic N) is 3. The molecule has 1 rings (SSSR count). The molecule has 56 valence electrons. The summed E-state index contributed by atoms with van der Waals surface area (Å²) in [6.45, 7) is 4.15. The topological polar surface area (TPSA) is 56.7 Å². The average molecular weight is 140 g/mol. The molecule has 0 aliphatic heterocycles. The van der Waals surface area contributed by atoms with Crippen molar-refractivity contribution >= 4 is 5.95 Å². The van der Waals surface area contributed by atoms with Gasteiger partial charge in [-0.1, -0.05) is 6.92 Å². The molecule has 0 aromatic carbocycles. The molecule has 2 N–H and O–H groups in total. The Morgan fingerprint density at radius 3 is 2.90 bits per heavy atom. The molecule has 4 heteroatoms. The van der Waals surface area contributed by atoms with Crippen LogP contribution in [0.4, 0.5) is 5.95 Å². The maximum atomic E-state index is 5.51. The maximum absolute atomic E-state index is 5.51. The van der Waals surface area contributed by atoms with Gasteiger partial charge in [0.15, 0.2) is 0 Å². The van der Waals surface area contributed by atoms with Crippen molar-refractivity contribution in [2.45, 2.75) is 26.3 Å². The van der Waals surface area contributed by atoms with E-state index in [0.717, 1.165) is 6.42 Å². The summed E-state index contributed by atoms with van der Waals surface area (Å²) in [5, 5.41) is 3.97. The molecule has 0 aliphatic rings. The molecule has 10 heavy (non-hydrogen) atoms. The van der Waals surface area contributed by atoms with Crippen LogP contribution in [0.3, 0.4) is 0 Å². The second-order valence-corrected chi connectivity index (χ2v) is 2.32. The number of nitrogens with two attached hydrogens (primary N) is 1. The van der Waals surface area contributed by atoms with E-state index in [1.807, 2.05) is 0 Å². The molecule has 0 bridgehead atoms. The molecule has 1 atom stereocenters. The van der Waals surface area contributed by atoms with Gasteiger partial charge in [0.1, 0.15) is 6.33 Å². The first-order chi connectivity index (χ1) is 4.75. The minimum Gasteiger partial charge on any atom is -0.368 e. The second kappa shape index (κ2) is 2.68. The lowest BCUT2D eigenvalue weighted by atomic mass is 10.3. The van der Waals surface area contributed by atoms with E-state index in [2.05, 4.69) is 23.9 Å². The summed E-state index contributed by atoms with van der Waals surface area (Å²) in [5.74, 6) is 0.495. The predicted molar refractivity (Wildman–Crippen MR) is 39.4 cm³/mol. The van der Waals surface area contributed by atoms with Gasteiger partial charge in [-0.05, 0) is 13.3 Å². The third-order valence-electron chi connectivity index (χ3n) is 1.61. The van der Waals surface area contributed by atoms with Crippen molar-refractivity contribution in [2.75, 3.05) is 5.73 Å². The SMILES string of the molecule is CCC(C)n1ncnc1N. The normalized spacial score (nSPS) is 13.4. The van der Waals surface area contributed by atoms with Crippen molar-refractivity contribution in [3.8, 4) is 0 Å². The summed E-state index contributed by atoms with van der Waals surface area (Å²) in [5.41, 5.74) is 5.51. The lowest BCUT2D eigenvalue weighted by Gasteiger charge is -2.08. The number of hydrogen-bond acceptors (Lipinski definition) is 3. The number of anilines is 1. The quantitative estimate of drug-likeness (QED) is 0.662. The summed E-state index contributed by atoms with van der Waals surface area (Å²) >= 11 is 0. The zero-order chi connectivity index (χ0) is 7.56. The average Bonchev–Trinajstić information content (AvgIpc) is 2.34. The molecule has 1 aromatic heterocycles. The Bertz CT molecular complexity index is 205. The van der Waals surface area contributed by atoms with E-state index < -0.39 is 0 Å². The van der Waals surface area contributed by atoms with E-state index >= 15 is 0 Å². The molecule has 0 fully saturated rings. The van der Waals surface area contributed by atoms with Crippen molar-refractivity contribution in [3.05, 3.63) is 6.33 Å². The Hall–Kier alpha value is -1.06. The van der Waals surface area contributed by atoms with E-state index in [9.17, 15) is 0 Å². The summed E-state index contributed by atoms with van der Waals surface area (Å²) in [7, 11) is 0. The van der Waals surface area contributed by atoms with Crippen molar-refractivity contribution in [1.82, 2.24) is 14.8 Å². The first-order valence-electron chi connectivity index (χ1n) is 3.40. The third kappa shape index (κ3) is 1.10. The number of aromatic nitrogens is 3. The van der Waals surface area contributed by atoms with Gasteiger partial charge in [-0.15, -0.1) is 0 Å². The summed E-state index contributed by atoms with van der Waals surface area (Å²) in [6.07, 6.45) is 2.50. The first kappa shape index (κ1) is 7.05. The molecular weight excluding hydrogens is 128 g/mol. The molecule has 4 nitrogen and oxygen atoms in total. The summed E-state index contributed by atoms with van der Waals surface area (Å²) in [6, 6.07) is 0.350. The fourth-order valence-corrected chi connectivity index (χ4v) is 0.771. The van der Waals surface area contributed by atoms with Crippen LogP contribution in [0.1, 0.15) is 26.3 Å². The van der Waals surface area contributed by atoms with Gasteiger partial charge in [-0.25, -0.2) is 9.67 Å². The van der Waals surface area contributed by atoms with E-state index in [1.54, 1.807) is 4.68 Å². The van der Waals surface area contributed by atoms with Crippen LogP contribution in [-0.4, -0.2) is 14.8 Å². The Morgan fingerprint density at radius 1 is 1.80 bits per heavy atom. The zero-order valence-electron chi connectivity index (χ0n) is 6.28. The fraction of sp³-hybridized carbons (Fsp3) is 0.667. The Balaban J connectivity index is 2.82. The van der Waals surface area contributed by atoms with E-state index in [4.69, 9.17) is 5.73 Å². The smallest absolute Gasteiger partial charge is 0.218 e. The highest BCUT2D eigenvalue weighted by Crippen LogP contribution is 2.10. The van der Waals surface area contributed by atoms with Gasteiger partial charge in [-0.3, -0.25) is 0 Å². The third-order valence-corrected chi connectivity index (χ3v) is 1.61. The molecule has 0 aliphatic carbocycles. The van der Waals surface area contributed by atoms with Crippen LogP contribution >= 0.6 is 0 Å². The van der Waals surface area contributed by atoms with Gasteiger partial charge in [0.05, 0.1) is 6.04 Å². The van der Waals surface area contributed by atoms with Gasteiger partial charge in [0.2, 0.25) is 5.95 Å². The van der Waals surface area contributed by atoms with Gasteiger partial charge in [0.25, 0.3) is 0 Å². The minimum atomic E-state index is 0.350. The molecule has 0 saturated carbocycles. The van der Waals surface area contributed by atoms with Crippen molar-refractivity contribution in [3.63, 3.8) is 0 Å². The predicted octanol–water partition coefficient (Wildman–Crippen LogP) is 0.831. The lowest BCUT2D eigenvalue weighted by molar-refractivity contribution is 0.484. The molecule has 1 unspecified atom stereocenters. The van der Waals surface area contributed by atoms with Crippen molar-refractivity contribution < 1.29 is 0 Å². The first-order valence-corrected chi connectivity index (χ1v) is 3.40. The zero-order valence-corrected chi connectivity index (χ0v) is 6.28. The van der Waals surface area contributed by atoms with Crippen molar-refractivity contribution in [1.29, 1.82) is 0 Å². The monoisotopic (exact) mass is 140 g/mol. The molecule has 0 amide bonds. The van der Waals surface area contributed by atoms with E-state index in [0.29, 0.717) is 12.0 Å². The molecular formula is C6H12N4. The van der Waals surface area contributed by atoms with Crippen LogP contribution < -0.4 is 5.73 Å². The fourth-order valence-electron chi connectivity index (χ4n) is 0.771. The van der Waals surface area contributed by atoms with Gasteiger partial charge in [-0.2, -0.15) is 5.10 Å². The van der Waals surface area contributed by atoms with Crippen LogP contribution in [-0.2, 0) is 0 Å². The van der Waals surface area contributed by atoms with Gasteiger partial charge < -0.3 is 5.73 Å². The van der Waals surface area contributed by atoms with Crippen LogP contribution in [0, 0.1) is 0 Å². The molecule has 1 aromatic rings. The summed E-state index contributed by atoms with van der Waals surface area (Å²) < 4.78 is 1.72. The number of hydrogen-bond donors (Lipinski definition) is 1. The van der Waals surface area contributed by atoms with Crippen molar-refractivity contribution in [2.24, 2.45) is 0 Å². The standard InChI is InChI=1S/C6H12N4/c1-3-5(2)10-6(7)8-4-9-10/h4-5H,3H2,1-2H3,(H2,7,8,9). The highest BCUT2D eigenvalue weighted by Gasteiger charge is 2.04. The maximum Gasteiger partial charge on any atom is 0.218 e. The van der Waals surface area contributed by atoms with Crippen LogP contribution in [0.25, 0.3) is 0 Å². The Morgan fingerprint density at radius 2 is 2.50 bits per heavy atom. The van der Waals surface area contributed by atoms with E-state index in [1.165, 1.54) is 6.33 Å².